The van der Waals surface area contributed by atoms with Crippen molar-refractivity contribution in [2.45, 2.75) is 19.8 Å². The Morgan fingerprint density at radius 3 is 2.88 bits per heavy atom. The molecule has 0 spiro atoms. The van der Waals surface area contributed by atoms with Crippen LogP contribution in [0.25, 0.3) is 22.6 Å². The first-order valence-electron chi connectivity index (χ1n) is 8.66. The molecule has 1 aliphatic rings. The van der Waals surface area contributed by atoms with Crippen LogP contribution in [0, 0.1) is 5.92 Å². The summed E-state index contributed by atoms with van der Waals surface area (Å²) >= 11 is 0. The molecule has 2 aromatic heterocycles. The van der Waals surface area contributed by atoms with Gasteiger partial charge in [0, 0.05) is 5.39 Å². The molecule has 26 heavy (non-hydrogen) atoms. The number of furan rings is 1. The number of hydroxylamine groups is 1. The van der Waals surface area contributed by atoms with Crippen molar-refractivity contribution < 1.29 is 14.0 Å². The first-order chi connectivity index (χ1) is 12.7. The number of hydrogen-bond acceptors (Lipinski definition) is 4. The van der Waals surface area contributed by atoms with E-state index in [1.807, 2.05) is 42.5 Å². The van der Waals surface area contributed by atoms with Gasteiger partial charge in [-0.05, 0) is 54.2 Å². The van der Waals surface area contributed by atoms with Crippen molar-refractivity contribution in [1.82, 2.24) is 10.5 Å². The molecular weight excluding hydrogens is 328 g/mol. The van der Waals surface area contributed by atoms with E-state index in [1.54, 1.807) is 6.26 Å². The van der Waals surface area contributed by atoms with Crippen LogP contribution in [0.2, 0.25) is 0 Å². The minimum Gasteiger partial charge on any atom is -0.465 e. The zero-order valence-corrected chi connectivity index (χ0v) is 14.8. The maximum absolute atomic E-state index is 12.8. The smallest absolute Gasteiger partial charge is 0.275 e. The molecule has 2 heterocycles. The summed E-state index contributed by atoms with van der Waals surface area (Å²) in [6.45, 7) is 2.19. The predicted octanol–water partition coefficient (Wildman–Crippen LogP) is 4.24. The van der Waals surface area contributed by atoms with Crippen LogP contribution in [0.1, 0.15) is 40.7 Å². The van der Waals surface area contributed by atoms with Crippen LogP contribution in [0.15, 0.2) is 47.1 Å². The van der Waals surface area contributed by atoms with Crippen molar-refractivity contribution >= 4 is 28.5 Å². The largest absolute Gasteiger partial charge is 0.465 e. The summed E-state index contributed by atoms with van der Waals surface area (Å²) in [7, 11) is 1.44. The van der Waals surface area contributed by atoms with E-state index in [0.29, 0.717) is 11.5 Å². The molecule has 1 amide bonds. The van der Waals surface area contributed by atoms with Gasteiger partial charge in [-0.3, -0.25) is 9.63 Å². The standard InChI is InChI=1S/C21H20N2O3/c1-13-10-14(12-15-6-5-9-26-15)20-17(11-13)19(21(24)23-25-2)16-7-3-4-8-18(16)22-20/h3-9,12-13H,10-11H2,1-2H3,(H,23,24)/b14-12+/t13-/m1/s1. The highest BCUT2D eigenvalue weighted by Gasteiger charge is 2.28. The Bertz CT molecular complexity index is 990. The lowest BCUT2D eigenvalue weighted by atomic mass is 9.80. The van der Waals surface area contributed by atoms with Gasteiger partial charge >= 0.3 is 0 Å². The Morgan fingerprint density at radius 2 is 2.12 bits per heavy atom. The fourth-order valence-corrected chi connectivity index (χ4v) is 3.68. The summed E-state index contributed by atoms with van der Waals surface area (Å²) in [5.41, 5.74) is 6.85. The van der Waals surface area contributed by atoms with Crippen LogP contribution in [0.5, 0.6) is 0 Å². The minimum absolute atomic E-state index is 0.242. The molecular formula is C21H20N2O3. The number of hydrogen-bond donors (Lipinski definition) is 1. The fourth-order valence-electron chi connectivity index (χ4n) is 3.68. The number of nitrogens with zero attached hydrogens (tertiary/aromatic N) is 1. The van der Waals surface area contributed by atoms with Crippen molar-refractivity contribution in [1.29, 1.82) is 0 Å². The third-order valence-corrected chi connectivity index (χ3v) is 4.70. The number of benzene rings is 1. The van der Waals surface area contributed by atoms with Gasteiger partial charge in [-0.2, -0.15) is 0 Å². The molecule has 4 rings (SSSR count). The van der Waals surface area contributed by atoms with Crippen molar-refractivity contribution in [3.8, 4) is 0 Å². The Morgan fingerprint density at radius 1 is 1.27 bits per heavy atom. The molecule has 1 N–H and O–H groups in total. The van der Waals surface area contributed by atoms with Crippen LogP contribution in [-0.2, 0) is 11.3 Å². The van der Waals surface area contributed by atoms with E-state index < -0.39 is 0 Å². The molecule has 1 aromatic carbocycles. The van der Waals surface area contributed by atoms with Crippen molar-refractivity contribution in [3.63, 3.8) is 0 Å². The summed E-state index contributed by atoms with van der Waals surface area (Å²) < 4.78 is 5.49. The van der Waals surface area contributed by atoms with Gasteiger partial charge in [-0.1, -0.05) is 25.1 Å². The van der Waals surface area contributed by atoms with E-state index in [2.05, 4.69) is 12.4 Å². The Kier molecular flexibility index (Phi) is 4.31. The number of para-hydroxylation sites is 1. The first kappa shape index (κ1) is 16.5. The second-order valence-electron chi connectivity index (χ2n) is 6.66. The summed E-state index contributed by atoms with van der Waals surface area (Å²) in [5, 5.41) is 0.840. The van der Waals surface area contributed by atoms with Gasteiger partial charge in [0.1, 0.15) is 5.76 Å². The van der Waals surface area contributed by atoms with E-state index in [1.165, 1.54) is 7.11 Å². The molecule has 0 saturated heterocycles. The Balaban J connectivity index is 1.98. The average Bonchev–Trinajstić information content (AvgIpc) is 3.13. The zero-order valence-electron chi connectivity index (χ0n) is 14.8. The fraction of sp³-hybridized carbons (Fsp3) is 0.238. The predicted molar refractivity (Wildman–Crippen MR) is 100 cm³/mol. The highest BCUT2D eigenvalue weighted by atomic mass is 16.6. The SMILES string of the molecule is CONC(=O)c1c2c(nc3ccccc13)/C(=C/c1ccco1)C[C@@H](C)C2. The van der Waals surface area contributed by atoms with Gasteiger partial charge in [-0.15, -0.1) is 0 Å². The molecule has 0 fully saturated rings. The second kappa shape index (κ2) is 6.77. The van der Waals surface area contributed by atoms with Gasteiger partial charge in [0.2, 0.25) is 0 Å². The number of fused-ring (bicyclic) bond motifs is 2. The summed E-state index contributed by atoms with van der Waals surface area (Å²) in [5.74, 6) is 0.951. The topological polar surface area (TPSA) is 64.4 Å². The van der Waals surface area contributed by atoms with E-state index in [4.69, 9.17) is 14.2 Å². The molecule has 0 bridgehead atoms. The maximum Gasteiger partial charge on any atom is 0.275 e. The number of carbonyl (C=O) groups is 1. The molecule has 132 valence electrons. The molecule has 0 unspecified atom stereocenters. The van der Waals surface area contributed by atoms with E-state index in [-0.39, 0.29) is 5.91 Å². The lowest BCUT2D eigenvalue weighted by Gasteiger charge is -2.26. The van der Waals surface area contributed by atoms with Crippen molar-refractivity contribution in [3.05, 3.63) is 65.2 Å². The van der Waals surface area contributed by atoms with Gasteiger partial charge in [-0.25, -0.2) is 10.5 Å². The lowest BCUT2D eigenvalue weighted by molar-refractivity contribution is 0.0538. The summed E-state index contributed by atoms with van der Waals surface area (Å²) in [4.78, 5) is 22.5. The number of rotatable bonds is 3. The second-order valence-corrected chi connectivity index (χ2v) is 6.66. The average molecular weight is 348 g/mol. The van der Waals surface area contributed by atoms with Crippen LogP contribution >= 0.6 is 0 Å². The number of pyridine rings is 1. The third-order valence-electron chi connectivity index (χ3n) is 4.70. The number of carbonyl (C=O) groups excluding carboxylic acids is 1. The quantitative estimate of drug-likeness (QED) is 0.719. The van der Waals surface area contributed by atoms with Crippen molar-refractivity contribution in [2.24, 2.45) is 5.92 Å². The normalized spacial score (nSPS) is 18.1. The number of allylic oxidation sites excluding steroid dienone is 1. The van der Waals surface area contributed by atoms with Gasteiger partial charge in [0.15, 0.2) is 0 Å². The van der Waals surface area contributed by atoms with Crippen LogP contribution in [-0.4, -0.2) is 18.0 Å². The zero-order chi connectivity index (χ0) is 18.1. The molecule has 0 radical (unpaired) electrons. The summed E-state index contributed by atoms with van der Waals surface area (Å²) in [6.07, 6.45) is 5.37. The van der Waals surface area contributed by atoms with E-state index in [9.17, 15) is 4.79 Å². The molecule has 5 heteroatoms. The highest BCUT2D eigenvalue weighted by Crippen LogP contribution is 2.38. The minimum atomic E-state index is -0.242. The van der Waals surface area contributed by atoms with Crippen LogP contribution in [0.4, 0.5) is 0 Å². The Labute approximate surface area is 151 Å². The van der Waals surface area contributed by atoms with Crippen LogP contribution in [0.3, 0.4) is 0 Å². The van der Waals surface area contributed by atoms with E-state index >= 15 is 0 Å². The number of nitrogens with one attached hydrogen (secondary N) is 1. The Hall–Kier alpha value is -2.92. The molecule has 0 saturated carbocycles. The van der Waals surface area contributed by atoms with Gasteiger partial charge in [0.25, 0.3) is 5.91 Å². The van der Waals surface area contributed by atoms with Crippen molar-refractivity contribution in [2.75, 3.05) is 7.11 Å². The maximum atomic E-state index is 12.8. The molecule has 0 aliphatic heterocycles. The molecule has 1 atom stereocenters. The molecule has 1 aliphatic carbocycles. The van der Waals surface area contributed by atoms with Gasteiger partial charge in [0.05, 0.1) is 30.1 Å². The summed E-state index contributed by atoms with van der Waals surface area (Å²) in [6, 6.07) is 11.5. The molecule has 5 nitrogen and oxygen atoms in total. The first-order valence-corrected chi connectivity index (χ1v) is 8.66. The monoisotopic (exact) mass is 348 g/mol. The molecule has 3 aromatic rings. The lowest BCUT2D eigenvalue weighted by Crippen LogP contribution is -2.26. The highest BCUT2D eigenvalue weighted by molar-refractivity contribution is 6.08. The number of amides is 1. The van der Waals surface area contributed by atoms with Crippen LogP contribution < -0.4 is 5.48 Å². The van der Waals surface area contributed by atoms with E-state index in [0.717, 1.165) is 46.3 Å². The van der Waals surface area contributed by atoms with Gasteiger partial charge < -0.3 is 4.42 Å². The third kappa shape index (κ3) is 2.91. The number of aromatic nitrogens is 1.